The van der Waals surface area contributed by atoms with Crippen molar-refractivity contribution in [2.75, 3.05) is 6.54 Å². The van der Waals surface area contributed by atoms with E-state index in [-0.39, 0.29) is 11.4 Å². The summed E-state index contributed by atoms with van der Waals surface area (Å²) in [6, 6.07) is 2.42. The van der Waals surface area contributed by atoms with Crippen molar-refractivity contribution in [3.63, 3.8) is 0 Å². The predicted molar refractivity (Wildman–Crippen MR) is 66.5 cm³/mol. The predicted octanol–water partition coefficient (Wildman–Crippen LogP) is 2.24. The first-order chi connectivity index (χ1) is 9.93. The van der Waals surface area contributed by atoms with Crippen LogP contribution in [0.25, 0.3) is 11.4 Å². The van der Waals surface area contributed by atoms with Crippen LogP contribution in [0.1, 0.15) is 18.4 Å². The van der Waals surface area contributed by atoms with Crippen LogP contribution in [-0.2, 0) is 12.7 Å². The summed E-state index contributed by atoms with van der Waals surface area (Å²) in [6.45, 7) is 0.815. The van der Waals surface area contributed by atoms with E-state index in [9.17, 15) is 17.6 Å². The van der Waals surface area contributed by atoms with E-state index in [1.165, 1.54) is 4.68 Å². The summed E-state index contributed by atoms with van der Waals surface area (Å²) in [5, 5.41) is 10.7. The van der Waals surface area contributed by atoms with Gasteiger partial charge >= 0.3 is 6.18 Å². The summed E-state index contributed by atoms with van der Waals surface area (Å²) in [4.78, 5) is 0. The molecule has 0 radical (unpaired) electrons. The minimum atomic E-state index is -4.69. The van der Waals surface area contributed by atoms with Gasteiger partial charge in [-0.05, 0) is 48.0 Å². The SMILES string of the molecule is NCCCCn1nnnc1-c1ccc(F)cc1C(F)(F)F. The number of aryl methyl sites for hydroxylation is 1. The maximum atomic E-state index is 13.1. The summed E-state index contributed by atoms with van der Waals surface area (Å²) in [5.41, 5.74) is 4.02. The van der Waals surface area contributed by atoms with Crippen molar-refractivity contribution in [2.45, 2.75) is 25.6 Å². The molecule has 1 aromatic heterocycles. The fraction of sp³-hybridized carbons (Fsp3) is 0.417. The molecule has 0 saturated heterocycles. The lowest BCUT2D eigenvalue weighted by atomic mass is 10.1. The van der Waals surface area contributed by atoms with E-state index in [1.807, 2.05) is 0 Å². The standard InChI is InChI=1S/C12H13F4N5/c13-8-3-4-9(10(7-8)12(14,15)16)11-18-19-20-21(11)6-2-1-5-17/h3-4,7H,1-2,5-6,17H2. The van der Waals surface area contributed by atoms with E-state index >= 15 is 0 Å². The number of halogens is 4. The number of unbranched alkanes of at least 4 members (excludes halogenated alkanes) is 1. The Balaban J connectivity index is 2.41. The summed E-state index contributed by atoms with van der Waals surface area (Å²) in [6.07, 6.45) is -3.35. The van der Waals surface area contributed by atoms with Gasteiger partial charge in [0.2, 0.25) is 0 Å². The number of hydrogen-bond donors (Lipinski definition) is 1. The van der Waals surface area contributed by atoms with Crippen LogP contribution < -0.4 is 5.73 Å². The Hall–Kier alpha value is -2.03. The van der Waals surface area contributed by atoms with Crippen molar-refractivity contribution >= 4 is 0 Å². The Kier molecular flexibility index (Phi) is 4.51. The number of tetrazole rings is 1. The monoisotopic (exact) mass is 303 g/mol. The van der Waals surface area contributed by atoms with E-state index in [1.54, 1.807) is 0 Å². The molecule has 0 saturated carbocycles. The highest BCUT2D eigenvalue weighted by molar-refractivity contribution is 5.61. The molecular formula is C12H13F4N5. The fourth-order valence-corrected chi connectivity index (χ4v) is 1.90. The average Bonchev–Trinajstić information content (AvgIpc) is 2.86. The summed E-state index contributed by atoms with van der Waals surface area (Å²) in [5.74, 6) is -1.01. The summed E-state index contributed by atoms with van der Waals surface area (Å²) >= 11 is 0. The van der Waals surface area contributed by atoms with Gasteiger partial charge < -0.3 is 5.73 Å². The molecule has 2 N–H and O–H groups in total. The molecule has 0 aliphatic heterocycles. The lowest BCUT2D eigenvalue weighted by Crippen LogP contribution is -2.11. The molecule has 2 rings (SSSR count). The third-order valence-electron chi connectivity index (χ3n) is 2.88. The zero-order valence-electron chi connectivity index (χ0n) is 10.9. The number of hydrogen-bond acceptors (Lipinski definition) is 4. The third kappa shape index (κ3) is 3.54. The number of alkyl halides is 3. The Morgan fingerprint density at radius 1 is 1.19 bits per heavy atom. The van der Waals surface area contributed by atoms with Gasteiger partial charge in [-0.1, -0.05) is 0 Å². The molecule has 114 valence electrons. The normalized spacial score (nSPS) is 11.9. The van der Waals surface area contributed by atoms with Crippen molar-refractivity contribution in [3.8, 4) is 11.4 Å². The molecule has 0 fully saturated rings. The van der Waals surface area contributed by atoms with Gasteiger partial charge in [-0.3, -0.25) is 0 Å². The molecular weight excluding hydrogens is 290 g/mol. The smallest absolute Gasteiger partial charge is 0.330 e. The van der Waals surface area contributed by atoms with Gasteiger partial charge in [0.25, 0.3) is 0 Å². The highest BCUT2D eigenvalue weighted by Gasteiger charge is 2.35. The van der Waals surface area contributed by atoms with E-state index in [0.29, 0.717) is 32.0 Å². The number of rotatable bonds is 5. The van der Waals surface area contributed by atoms with Crippen molar-refractivity contribution < 1.29 is 17.6 Å². The van der Waals surface area contributed by atoms with Crippen LogP contribution in [0, 0.1) is 5.82 Å². The van der Waals surface area contributed by atoms with E-state index in [0.717, 1.165) is 12.1 Å². The highest BCUT2D eigenvalue weighted by atomic mass is 19.4. The van der Waals surface area contributed by atoms with Gasteiger partial charge in [0.15, 0.2) is 5.82 Å². The van der Waals surface area contributed by atoms with E-state index in [4.69, 9.17) is 5.73 Å². The number of nitrogens with two attached hydrogens (primary N) is 1. The topological polar surface area (TPSA) is 69.6 Å². The van der Waals surface area contributed by atoms with Gasteiger partial charge in [-0.25, -0.2) is 9.07 Å². The molecule has 0 aliphatic rings. The van der Waals surface area contributed by atoms with Crippen molar-refractivity contribution in [3.05, 3.63) is 29.6 Å². The van der Waals surface area contributed by atoms with Gasteiger partial charge in [0.1, 0.15) is 5.82 Å². The van der Waals surface area contributed by atoms with Crippen LogP contribution in [0.2, 0.25) is 0 Å². The van der Waals surface area contributed by atoms with Gasteiger partial charge in [0.05, 0.1) is 5.56 Å². The maximum absolute atomic E-state index is 13.1. The van der Waals surface area contributed by atoms with Gasteiger partial charge in [-0.15, -0.1) is 5.10 Å². The summed E-state index contributed by atoms with van der Waals surface area (Å²) in [7, 11) is 0. The zero-order chi connectivity index (χ0) is 15.5. The number of aromatic nitrogens is 4. The molecule has 0 amide bonds. The maximum Gasteiger partial charge on any atom is 0.417 e. The first-order valence-electron chi connectivity index (χ1n) is 6.27. The molecule has 0 aliphatic carbocycles. The quantitative estimate of drug-likeness (QED) is 0.679. The molecule has 1 heterocycles. The van der Waals surface area contributed by atoms with Crippen LogP contribution in [0.15, 0.2) is 18.2 Å². The van der Waals surface area contributed by atoms with Crippen LogP contribution in [0.5, 0.6) is 0 Å². The molecule has 21 heavy (non-hydrogen) atoms. The molecule has 0 atom stereocenters. The minimum absolute atomic E-state index is 0.0423. The second-order valence-corrected chi connectivity index (χ2v) is 4.41. The van der Waals surface area contributed by atoms with E-state index < -0.39 is 17.6 Å². The average molecular weight is 303 g/mol. The second kappa shape index (κ2) is 6.17. The molecule has 0 unspecified atom stereocenters. The molecule has 9 heteroatoms. The van der Waals surface area contributed by atoms with Crippen molar-refractivity contribution in [1.29, 1.82) is 0 Å². The fourth-order valence-electron chi connectivity index (χ4n) is 1.90. The minimum Gasteiger partial charge on any atom is -0.330 e. The summed E-state index contributed by atoms with van der Waals surface area (Å²) < 4.78 is 53.4. The Labute approximate surface area is 117 Å². The Morgan fingerprint density at radius 2 is 1.95 bits per heavy atom. The van der Waals surface area contributed by atoms with Gasteiger partial charge in [-0.2, -0.15) is 13.2 Å². The van der Waals surface area contributed by atoms with E-state index in [2.05, 4.69) is 15.5 Å². The van der Waals surface area contributed by atoms with Crippen LogP contribution >= 0.6 is 0 Å². The lowest BCUT2D eigenvalue weighted by Gasteiger charge is -2.12. The second-order valence-electron chi connectivity index (χ2n) is 4.41. The van der Waals surface area contributed by atoms with Crippen LogP contribution in [0.4, 0.5) is 17.6 Å². The third-order valence-corrected chi connectivity index (χ3v) is 2.88. The first-order valence-corrected chi connectivity index (χ1v) is 6.27. The van der Waals surface area contributed by atoms with Crippen LogP contribution in [0.3, 0.4) is 0 Å². The van der Waals surface area contributed by atoms with Crippen LogP contribution in [-0.4, -0.2) is 26.8 Å². The van der Waals surface area contributed by atoms with Crippen molar-refractivity contribution in [2.24, 2.45) is 5.73 Å². The molecule has 0 bridgehead atoms. The Morgan fingerprint density at radius 3 is 2.62 bits per heavy atom. The number of nitrogens with zero attached hydrogens (tertiary/aromatic N) is 4. The largest absolute Gasteiger partial charge is 0.417 e. The molecule has 0 spiro atoms. The molecule has 1 aromatic carbocycles. The molecule has 5 nitrogen and oxygen atoms in total. The Bertz CT molecular complexity index is 608. The number of benzene rings is 1. The first kappa shape index (κ1) is 15.4. The molecule has 2 aromatic rings. The zero-order valence-corrected chi connectivity index (χ0v) is 10.9. The van der Waals surface area contributed by atoms with Crippen molar-refractivity contribution in [1.82, 2.24) is 20.2 Å². The highest BCUT2D eigenvalue weighted by Crippen LogP contribution is 2.36. The van der Waals surface area contributed by atoms with Gasteiger partial charge in [0, 0.05) is 12.1 Å². The lowest BCUT2D eigenvalue weighted by molar-refractivity contribution is -0.137.